The molecule has 5 heteroatoms. The molecule has 0 unspecified atom stereocenters. The fourth-order valence-electron chi connectivity index (χ4n) is 1.85. The van der Waals surface area contributed by atoms with Crippen molar-refractivity contribution in [1.82, 2.24) is 0 Å². The van der Waals surface area contributed by atoms with Gasteiger partial charge in [-0.15, -0.1) is 0 Å². The third-order valence-electron chi connectivity index (χ3n) is 2.81. The molecule has 0 heterocycles. The lowest BCUT2D eigenvalue weighted by Gasteiger charge is -2.06. The fraction of sp³-hybridized carbons (Fsp3) is 0.176. The first-order chi connectivity index (χ1) is 10.6. The minimum atomic E-state index is -0.0831. The van der Waals surface area contributed by atoms with Crippen molar-refractivity contribution in [1.29, 1.82) is 0 Å². The number of nitrogens with one attached hydrogen (secondary N) is 1. The first kappa shape index (κ1) is 16.5. The van der Waals surface area contributed by atoms with E-state index in [9.17, 15) is 4.79 Å². The first-order valence-electron chi connectivity index (χ1n) is 6.92. The summed E-state index contributed by atoms with van der Waals surface area (Å²) in [6, 6.07) is 13.3. The maximum Gasteiger partial charge on any atom is 0.221 e. The molecule has 0 spiro atoms. The van der Waals surface area contributed by atoms with Crippen LogP contribution in [0.3, 0.4) is 0 Å². The van der Waals surface area contributed by atoms with Crippen molar-refractivity contribution in [3.63, 3.8) is 0 Å². The van der Waals surface area contributed by atoms with Crippen LogP contribution < -0.4 is 10.1 Å². The summed E-state index contributed by atoms with van der Waals surface area (Å²) in [5.41, 5.74) is 2.61. The Balaban J connectivity index is 2.08. The summed E-state index contributed by atoms with van der Waals surface area (Å²) in [5.74, 6) is 0.806. The Morgan fingerprint density at radius 3 is 2.59 bits per heavy atom. The lowest BCUT2D eigenvalue weighted by atomic mass is 10.2. The number of anilines is 1. The van der Waals surface area contributed by atoms with Crippen LogP contribution >= 0.6 is 22.6 Å². The summed E-state index contributed by atoms with van der Waals surface area (Å²) < 4.78 is 6.57. The van der Waals surface area contributed by atoms with Gasteiger partial charge in [-0.1, -0.05) is 0 Å². The zero-order valence-corrected chi connectivity index (χ0v) is 14.6. The Bertz CT molecular complexity index is 682. The predicted octanol–water partition coefficient (Wildman–Crippen LogP) is 4.40. The van der Waals surface area contributed by atoms with Crippen molar-refractivity contribution in [2.75, 3.05) is 11.9 Å². The summed E-state index contributed by atoms with van der Waals surface area (Å²) in [7, 11) is 0. The zero-order valence-electron chi connectivity index (χ0n) is 12.5. The van der Waals surface area contributed by atoms with Crippen molar-refractivity contribution in [3.05, 3.63) is 51.6 Å². The summed E-state index contributed by atoms with van der Waals surface area (Å²) >= 11 is 2.25. The molecule has 22 heavy (non-hydrogen) atoms. The minimum Gasteiger partial charge on any atom is -0.493 e. The Labute approximate surface area is 143 Å². The second kappa shape index (κ2) is 7.93. The van der Waals surface area contributed by atoms with Crippen LogP contribution in [0.1, 0.15) is 19.4 Å². The number of hydrogen-bond acceptors (Lipinski definition) is 3. The van der Waals surface area contributed by atoms with Crippen LogP contribution in [0, 0.1) is 3.57 Å². The fourth-order valence-corrected chi connectivity index (χ4v) is 2.55. The number of halogens is 1. The highest BCUT2D eigenvalue weighted by Gasteiger charge is 2.00. The molecule has 0 saturated carbocycles. The average Bonchev–Trinajstić information content (AvgIpc) is 2.49. The van der Waals surface area contributed by atoms with E-state index < -0.39 is 0 Å². The summed E-state index contributed by atoms with van der Waals surface area (Å²) in [5, 5.41) is 2.73. The highest BCUT2D eigenvalue weighted by atomic mass is 127. The third kappa shape index (κ3) is 4.84. The number of benzene rings is 2. The molecule has 0 aliphatic carbocycles. The van der Waals surface area contributed by atoms with Crippen LogP contribution in [0.2, 0.25) is 0 Å². The van der Waals surface area contributed by atoms with Crippen LogP contribution in [0.5, 0.6) is 5.75 Å². The van der Waals surface area contributed by atoms with E-state index in [2.05, 4.69) is 32.9 Å². The molecule has 1 N–H and O–H groups in total. The van der Waals surface area contributed by atoms with Gasteiger partial charge in [-0.2, -0.15) is 0 Å². The van der Waals surface area contributed by atoms with Gasteiger partial charge in [0.25, 0.3) is 0 Å². The van der Waals surface area contributed by atoms with Crippen LogP contribution in [0.4, 0.5) is 11.4 Å². The number of carbonyl (C=O) groups is 1. The number of amides is 1. The van der Waals surface area contributed by atoms with E-state index in [-0.39, 0.29) is 5.91 Å². The topological polar surface area (TPSA) is 50.7 Å². The van der Waals surface area contributed by atoms with Crippen molar-refractivity contribution < 1.29 is 9.53 Å². The normalized spacial score (nSPS) is 10.7. The molecule has 0 aliphatic heterocycles. The van der Waals surface area contributed by atoms with Gasteiger partial charge < -0.3 is 10.1 Å². The van der Waals surface area contributed by atoms with Gasteiger partial charge in [0.1, 0.15) is 5.75 Å². The Morgan fingerprint density at radius 1 is 1.27 bits per heavy atom. The number of nitrogens with zero attached hydrogens (tertiary/aromatic N) is 1. The molecule has 0 aromatic heterocycles. The van der Waals surface area contributed by atoms with Gasteiger partial charge in [0.15, 0.2) is 0 Å². The summed E-state index contributed by atoms with van der Waals surface area (Å²) in [6.45, 7) is 4.11. The Kier molecular flexibility index (Phi) is 5.94. The molecule has 0 bridgehead atoms. The van der Waals surface area contributed by atoms with Gasteiger partial charge in [0, 0.05) is 18.8 Å². The molecule has 2 aromatic carbocycles. The number of hydrogen-bond donors (Lipinski definition) is 1. The van der Waals surface area contributed by atoms with E-state index in [4.69, 9.17) is 4.74 Å². The van der Waals surface area contributed by atoms with Crippen LogP contribution in [0.15, 0.2) is 47.5 Å². The van der Waals surface area contributed by atoms with Gasteiger partial charge in [0.2, 0.25) is 5.91 Å². The Morgan fingerprint density at radius 2 is 2.00 bits per heavy atom. The van der Waals surface area contributed by atoms with Crippen LogP contribution in [0.25, 0.3) is 0 Å². The SMILES string of the molecule is CCOc1ccc(C=Nc2ccc(NC(C)=O)cc2)cc1I. The van der Waals surface area contributed by atoms with E-state index >= 15 is 0 Å². The molecular weight excluding hydrogens is 391 g/mol. The third-order valence-corrected chi connectivity index (χ3v) is 3.65. The minimum absolute atomic E-state index is 0.0831. The summed E-state index contributed by atoms with van der Waals surface area (Å²) in [4.78, 5) is 15.4. The van der Waals surface area contributed by atoms with Crippen LogP contribution in [-0.4, -0.2) is 18.7 Å². The number of carbonyl (C=O) groups excluding carboxylic acids is 1. The second-order valence-corrected chi connectivity index (χ2v) is 5.77. The maximum absolute atomic E-state index is 11.0. The zero-order chi connectivity index (χ0) is 15.9. The maximum atomic E-state index is 11.0. The first-order valence-corrected chi connectivity index (χ1v) is 8.00. The van der Waals surface area contributed by atoms with Crippen molar-refractivity contribution in [3.8, 4) is 5.75 Å². The molecule has 0 atom stereocenters. The monoisotopic (exact) mass is 408 g/mol. The molecule has 2 aromatic rings. The highest BCUT2D eigenvalue weighted by Crippen LogP contribution is 2.22. The molecule has 114 valence electrons. The van der Waals surface area contributed by atoms with Gasteiger partial charge >= 0.3 is 0 Å². The van der Waals surface area contributed by atoms with Crippen molar-refractivity contribution >= 4 is 46.1 Å². The van der Waals surface area contributed by atoms with E-state index in [0.29, 0.717) is 6.61 Å². The molecule has 1 amide bonds. The smallest absolute Gasteiger partial charge is 0.221 e. The molecule has 0 radical (unpaired) electrons. The number of aliphatic imine (C=N–C) groups is 1. The van der Waals surface area contributed by atoms with Crippen LogP contribution in [-0.2, 0) is 4.79 Å². The van der Waals surface area contributed by atoms with E-state index in [0.717, 1.165) is 26.3 Å². The predicted molar refractivity (Wildman–Crippen MR) is 98.3 cm³/mol. The summed E-state index contributed by atoms with van der Waals surface area (Å²) in [6.07, 6.45) is 1.81. The van der Waals surface area contributed by atoms with Gasteiger partial charge in [-0.25, -0.2) is 0 Å². The van der Waals surface area contributed by atoms with E-state index in [1.165, 1.54) is 6.92 Å². The average molecular weight is 408 g/mol. The van der Waals surface area contributed by atoms with Gasteiger partial charge in [-0.3, -0.25) is 9.79 Å². The Hall–Kier alpha value is -1.89. The van der Waals surface area contributed by atoms with E-state index in [1.54, 1.807) is 0 Å². The lowest BCUT2D eigenvalue weighted by molar-refractivity contribution is -0.114. The number of ether oxygens (including phenoxy) is 1. The number of rotatable bonds is 5. The van der Waals surface area contributed by atoms with Gasteiger partial charge in [0.05, 0.1) is 15.9 Å². The van der Waals surface area contributed by atoms with E-state index in [1.807, 2.05) is 55.6 Å². The molecule has 0 aliphatic rings. The molecule has 0 saturated heterocycles. The quantitative estimate of drug-likeness (QED) is 0.589. The standard InChI is InChI=1S/C17H17IN2O2/c1-3-22-17-9-4-13(10-16(17)18)11-19-14-5-7-15(8-6-14)20-12(2)21/h4-11H,3H2,1-2H3,(H,20,21). The van der Waals surface area contributed by atoms with Gasteiger partial charge in [-0.05, 0) is 77.5 Å². The molecule has 0 fully saturated rings. The second-order valence-electron chi connectivity index (χ2n) is 4.61. The largest absolute Gasteiger partial charge is 0.493 e. The lowest BCUT2D eigenvalue weighted by Crippen LogP contribution is -2.04. The highest BCUT2D eigenvalue weighted by molar-refractivity contribution is 14.1. The molecule has 2 rings (SSSR count). The van der Waals surface area contributed by atoms with Crippen molar-refractivity contribution in [2.45, 2.75) is 13.8 Å². The molecule has 4 nitrogen and oxygen atoms in total. The van der Waals surface area contributed by atoms with Crippen molar-refractivity contribution in [2.24, 2.45) is 4.99 Å². The molecular formula is C17H17IN2O2.